The number of carboxylic acid groups (broad SMARTS) is 1. The van der Waals surface area contributed by atoms with Crippen molar-refractivity contribution in [2.45, 2.75) is 57.3 Å². The van der Waals surface area contributed by atoms with Gasteiger partial charge >= 0.3 is 5.97 Å². The Morgan fingerprint density at radius 2 is 2.04 bits per heavy atom. The highest BCUT2D eigenvalue weighted by atomic mass is 19.1. The van der Waals surface area contributed by atoms with Crippen molar-refractivity contribution in [3.8, 4) is 0 Å². The van der Waals surface area contributed by atoms with Crippen LogP contribution >= 0.6 is 0 Å². The second-order valence-electron chi connectivity index (χ2n) is 7.62. The van der Waals surface area contributed by atoms with Crippen LogP contribution < -0.4 is 5.43 Å². The van der Waals surface area contributed by atoms with Gasteiger partial charge in [0, 0.05) is 48.9 Å². The van der Waals surface area contributed by atoms with Gasteiger partial charge in [-0.15, -0.1) is 0 Å². The van der Waals surface area contributed by atoms with Crippen LogP contribution in [-0.2, 0) is 12.8 Å². The Labute approximate surface area is 140 Å². The van der Waals surface area contributed by atoms with Crippen LogP contribution in [0, 0.1) is 5.92 Å². The Kier molecular flexibility index (Phi) is 3.75. The van der Waals surface area contributed by atoms with Gasteiger partial charge in [0.25, 0.3) is 0 Å². The first kappa shape index (κ1) is 15.8. The third-order valence-electron chi connectivity index (χ3n) is 5.76. The number of aromatic carboxylic acids is 1. The van der Waals surface area contributed by atoms with E-state index in [-0.39, 0.29) is 24.1 Å². The summed E-state index contributed by atoms with van der Waals surface area (Å²) in [4.78, 5) is 26.1. The fourth-order valence-electron chi connectivity index (χ4n) is 4.28. The lowest BCUT2D eigenvalue weighted by atomic mass is 9.88. The molecule has 1 saturated carbocycles. The van der Waals surface area contributed by atoms with Crippen molar-refractivity contribution in [3.63, 3.8) is 0 Å². The van der Waals surface area contributed by atoms with E-state index in [2.05, 4.69) is 11.8 Å². The van der Waals surface area contributed by atoms with Gasteiger partial charge in [0.1, 0.15) is 11.7 Å². The maximum atomic E-state index is 14.8. The van der Waals surface area contributed by atoms with Crippen LogP contribution in [0.3, 0.4) is 0 Å². The number of pyridine rings is 1. The second kappa shape index (κ2) is 5.69. The van der Waals surface area contributed by atoms with E-state index in [1.807, 2.05) is 4.57 Å². The molecule has 3 aliphatic rings. The quantitative estimate of drug-likeness (QED) is 0.919. The number of alkyl halides is 1. The molecule has 5 nitrogen and oxygen atoms in total. The van der Waals surface area contributed by atoms with Crippen LogP contribution in [0.15, 0.2) is 11.0 Å². The third kappa shape index (κ3) is 2.57. The summed E-state index contributed by atoms with van der Waals surface area (Å²) < 4.78 is 16.8. The minimum Gasteiger partial charge on any atom is -0.477 e. The number of aromatic nitrogens is 1. The number of carbonyl (C=O) groups is 1. The molecular formula is C18H23FN2O3. The van der Waals surface area contributed by atoms with E-state index < -0.39 is 17.6 Å². The SMILES string of the molecule is CC1CCN(C2Cc3c(c(=O)c(C(=O)O)cn3C3CC3)CC2F)C1. The van der Waals surface area contributed by atoms with Crippen LogP contribution in [0.25, 0.3) is 0 Å². The zero-order valence-corrected chi connectivity index (χ0v) is 13.9. The predicted octanol–water partition coefficient (Wildman–Crippen LogP) is 2.03. The second-order valence-corrected chi connectivity index (χ2v) is 7.62. The van der Waals surface area contributed by atoms with Crippen molar-refractivity contribution in [3.05, 3.63) is 33.2 Å². The summed E-state index contributed by atoms with van der Waals surface area (Å²) in [6, 6.07) is 0.0780. The maximum absolute atomic E-state index is 14.8. The molecule has 4 rings (SSSR count). The fraction of sp³-hybridized carbons (Fsp3) is 0.667. The molecule has 0 aromatic carbocycles. The first-order valence-electron chi connectivity index (χ1n) is 8.84. The maximum Gasteiger partial charge on any atom is 0.341 e. The van der Waals surface area contributed by atoms with Gasteiger partial charge in [0.05, 0.1) is 0 Å². The van der Waals surface area contributed by atoms with Gasteiger partial charge in [-0.05, 0) is 31.7 Å². The molecule has 2 fully saturated rings. The van der Waals surface area contributed by atoms with Gasteiger partial charge in [0.15, 0.2) is 5.43 Å². The lowest BCUT2D eigenvalue weighted by Gasteiger charge is -2.36. The first-order chi connectivity index (χ1) is 11.5. The zero-order valence-electron chi connectivity index (χ0n) is 13.9. The van der Waals surface area contributed by atoms with Gasteiger partial charge in [0.2, 0.25) is 0 Å². The summed E-state index contributed by atoms with van der Waals surface area (Å²) in [5.41, 5.74) is 0.537. The van der Waals surface area contributed by atoms with Crippen molar-refractivity contribution in [1.29, 1.82) is 0 Å². The third-order valence-corrected chi connectivity index (χ3v) is 5.76. The van der Waals surface area contributed by atoms with Crippen LogP contribution in [0.1, 0.15) is 53.8 Å². The zero-order chi connectivity index (χ0) is 17.0. The Hall–Kier alpha value is -1.69. The van der Waals surface area contributed by atoms with E-state index in [9.17, 15) is 19.1 Å². The molecule has 2 heterocycles. The van der Waals surface area contributed by atoms with Crippen LogP contribution in [0.2, 0.25) is 0 Å². The van der Waals surface area contributed by atoms with E-state index in [0.717, 1.165) is 38.0 Å². The highest BCUT2D eigenvalue weighted by Gasteiger charge is 2.40. The van der Waals surface area contributed by atoms with E-state index in [4.69, 9.17) is 0 Å². The van der Waals surface area contributed by atoms with E-state index >= 15 is 0 Å². The molecule has 0 radical (unpaired) electrons. The Morgan fingerprint density at radius 1 is 1.29 bits per heavy atom. The van der Waals surface area contributed by atoms with Gasteiger partial charge in [-0.3, -0.25) is 9.69 Å². The molecule has 0 amide bonds. The number of rotatable bonds is 3. The number of carboxylic acids is 1. The minimum atomic E-state index is -1.22. The largest absolute Gasteiger partial charge is 0.477 e. The van der Waals surface area contributed by atoms with Gasteiger partial charge in [-0.2, -0.15) is 0 Å². The van der Waals surface area contributed by atoms with Gasteiger partial charge in [-0.1, -0.05) is 6.92 Å². The summed E-state index contributed by atoms with van der Waals surface area (Å²) in [6.07, 6.45) is 4.02. The number of fused-ring (bicyclic) bond motifs is 1. The number of hydrogen-bond donors (Lipinski definition) is 1. The van der Waals surface area contributed by atoms with Crippen LogP contribution in [-0.4, -0.2) is 45.8 Å². The van der Waals surface area contributed by atoms with Crippen LogP contribution in [0.5, 0.6) is 0 Å². The number of likely N-dealkylation sites (tertiary alicyclic amines) is 1. The molecule has 2 aliphatic carbocycles. The summed E-state index contributed by atoms with van der Waals surface area (Å²) in [5.74, 6) is -0.637. The first-order valence-corrected chi connectivity index (χ1v) is 8.84. The fourth-order valence-corrected chi connectivity index (χ4v) is 4.28. The van der Waals surface area contributed by atoms with Crippen molar-refractivity contribution in [1.82, 2.24) is 9.47 Å². The normalized spacial score (nSPS) is 30.3. The average Bonchev–Trinajstić information content (AvgIpc) is 3.28. The molecule has 0 bridgehead atoms. The monoisotopic (exact) mass is 334 g/mol. The lowest BCUT2D eigenvalue weighted by molar-refractivity contribution is 0.0693. The summed E-state index contributed by atoms with van der Waals surface area (Å²) in [7, 11) is 0. The van der Waals surface area contributed by atoms with Gasteiger partial charge < -0.3 is 9.67 Å². The molecule has 1 aliphatic heterocycles. The van der Waals surface area contributed by atoms with Crippen molar-refractivity contribution in [2.24, 2.45) is 5.92 Å². The molecule has 1 saturated heterocycles. The molecule has 1 N–H and O–H groups in total. The topological polar surface area (TPSA) is 62.5 Å². The number of hydrogen-bond acceptors (Lipinski definition) is 3. The molecule has 24 heavy (non-hydrogen) atoms. The Balaban J connectivity index is 1.75. The summed E-state index contributed by atoms with van der Waals surface area (Å²) in [6.45, 7) is 3.99. The van der Waals surface area contributed by atoms with E-state index in [0.29, 0.717) is 17.9 Å². The highest BCUT2D eigenvalue weighted by molar-refractivity contribution is 5.87. The van der Waals surface area contributed by atoms with Crippen LogP contribution in [0.4, 0.5) is 4.39 Å². The molecular weight excluding hydrogens is 311 g/mol. The molecule has 6 heteroatoms. The van der Waals surface area contributed by atoms with Gasteiger partial charge in [-0.25, -0.2) is 9.18 Å². The molecule has 1 aromatic rings. The predicted molar refractivity (Wildman–Crippen MR) is 87.4 cm³/mol. The average molecular weight is 334 g/mol. The van der Waals surface area contributed by atoms with E-state index in [1.54, 1.807) is 0 Å². The lowest BCUT2D eigenvalue weighted by Crippen LogP contribution is -2.48. The van der Waals surface area contributed by atoms with E-state index in [1.165, 1.54) is 6.20 Å². The van der Waals surface area contributed by atoms with Crippen molar-refractivity contribution < 1.29 is 14.3 Å². The number of halogens is 1. The minimum absolute atomic E-state index is 0.0392. The smallest absolute Gasteiger partial charge is 0.341 e. The molecule has 3 atom stereocenters. The molecule has 3 unspecified atom stereocenters. The number of nitrogens with zero attached hydrogens (tertiary/aromatic N) is 2. The highest BCUT2D eigenvalue weighted by Crippen LogP contribution is 2.38. The van der Waals surface area contributed by atoms with Crippen molar-refractivity contribution in [2.75, 3.05) is 13.1 Å². The standard InChI is InChI=1S/C18H23FN2O3/c1-10-4-5-20(8-10)16-7-15-12(6-14(16)19)17(22)13(18(23)24)9-21(15)11-2-3-11/h9-11,14,16H,2-8H2,1H3,(H,23,24). The Morgan fingerprint density at radius 3 is 2.62 bits per heavy atom. The molecule has 1 aromatic heterocycles. The summed E-state index contributed by atoms with van der Waals surface area (Å²) in [5, 5.41) is 9.30. The van der Waals surface area contributed by atoms with Crippen molar-refractivity contribution >= 4 is 5.97 Å². The molecule has 0 spiro atoms. The molecule has 130 valence electrons. The Bertz CT molecular complexity index is 741. The summed E-state index contributed by atoms with van der Waals surface area (Å²) >= 11 is 0.